The second-order valence-electron chi connectivity index (χ2n) is 4.76. The molecule has 0 fully saturated rings. The Labute approximate surface area is 124 Å². The van der Waals surface area contributed by atoms with Crippen molar-refractivity contribution in [3.8, 4) is 22.4 Å². The second kappa shape index (κ2) is 6.18. The topological polar surface area (TPSA) is 37.8 Å². The van der Waals surface area contributed by atoms with Crippen LogP contribution in [0.15, 0.2) is 67.0 Å². The van der Waals surface area contributed by atoms with Crippen molar-refractivity contribution in [3.05, 3.63) is 67.0 Å². The van der Waals surface area contributed by atoms with Gasteiger partial charge < -0.3 is 5.32 Å². The molecule has 1 aromatic heterocycles. The molecule has 0 radical (unpaired) electrons. The smallest absolute Gasteiger partial charge is 0.129 e. The molecule has 1 N–H and O–H groups in total. The van der Waals surface area contributed by atoms with Gasteiger partial charge in [0, 0.05) is 18.2 Å². The molecule has 3 heteroatoms. The lowest BCUT2D eigenvalue weighted by molar-refractivity contribution is 1.11. The third-order valence-corrected chi connectivity index (χ3v) is 3.31. The Bertz CT molecular complexity index is 706. The van der Waals surface area contributed by atoms with Gasteiger partial charge in [-0.2, -0.15) is 0 Å². The van der Waals surface area contributed by atoms with E-state index in [2.05, 4.69) is 70.7 Å². The summed E-state index contributed by atoms with van der Waals surface area (Å²) < 4.78 is 0. The maximum atomic E-state index is 4.34. The minimum absolute atomic E-state index is 0.851. The fourth-order valence-electron chi connectivity index (χ4n) is 2.26. The number of hydrogen-bond donors (Lipinski definition) is 1. The van der Waals surface area contributed by atoms with Crippen LogP contribution >= 0.6 is 0 Å². The highest BCUT2D eigenvalue weighted by Gasteiger charge is 2.02. The molecule has 0 atom stereocenters. The zero-order valence-electron chi connectivity index (χ0n) is 12.0. The van der Waals surface area contributed by atoms with Crippen molar-refractivity contribution in [1.82, 2.24) is 9.97 Å². The Morgan fingerprint density at radius 1 is 0.810 bits per heavy atom. The van der Waals surface area contributed by atoms with Gasteiger partial charge in [-0.1, -0.05) is 54.6 Å². The molecule has 3 nitrogen and oxygen atoms in total. The number of rotatable bonds is 4. The predicted molar refractivity (Wildman–Crippen MR) is 87.1 cm³/mol. The van der Waals surface area contributed by atoms with E-state index in [1.54, 1.807) is 6.33 Å². The summed E-state index contributed by atoms with van der Waals surface area (Å²) in [5, 5.41) is 3.20. The maximum absolute atomic E-state index is 4.34. The van der Waals surface area contributed by atoms with E-state index in [-0.39, 0.29) is 0 Å². The molecule has 21 heavy (non-hydrogen) atoms. The molecule has 1 heterocycles. The molecule has 0 aliphatic rings. The molecule has 0 bridgehead atoms. The Balaban J connectivity index is 1.89. The van der Waals surface area contributed by atoms with Crippen LogP contribution in [0.3, 0.4) is 0 Å². The quantitative estimate of drug-likeness (QED) is 0.773. The fourth-order valence-corrected chi connectivity index (χ4v) is 2.26. The summed E-state index contributed by atoms with van der Waals surface area (Å²) in [6.45, 7) is 2.90. The van der Waals surface area contributed by atoms with Gasteiger partial charge >= 0.3 is 0 Å². The molecule has 2 aromatic carbocycles. The molecule has 0 aliphatic heterocycles. The molecule has 0 saturated heterocycles. The van der Waals surface area contributed by atoms with Crippen molar-refractivity contribution in [2.45, 2.75) is 6.92 Å². The lowest BCUT2D eigenvalue weighted by Gasteiger charge is -2.06. The second-order valence-corrected chi connectivity index (χ2v) is 4.76. The molecule has 3 aromatic rings. The van der Waals surface area contributed by atoms with E-state index in [1.807, 2.05) is 12.1 Å². The van der Waals surface area contributed by atoms with E-state index < -0.39 is 0 Å². The first-order chi connectivity index (χ1) is 10.4. The first-order valence-corrected chi connectivity index (χ1v) is 7.08. The molecule has 0 amide bonds. The van der Waals surface area contributed by atoms with Gasteiger partial charge in [-0.15, -0.1) is 0 Å². The van der Waals surface area contributed by atoms with E-state index in [9.17, 15) is 0 Å². The number of benzene rings is 2. The molecular formula is C18H17N3. The Hall–Kier alpha value is -2.68. The number of nitrogens with one attached hydrogen (secondary N) is 1. The number of hydrogen-bond acceptors (Lipinski definition) is 3. The van der Waals surface area contributed by atoms with Gasteiger partial charge in [0.15, 0.2) is 0 Å². The normalized spacial score (nSPS) is 10.3. The first kappa shape index (κ1) is 13.3. The summed E-state index contributed by atoms with van der Waals surface area (Å²) in [4.78, 5) is 8.54. The van der Waals surface area contributed by atoms with Crippen LogP contribution in [0.1, 0.15) is 6.92 Å². The van der Waals surface area contributed by atoms with Crippen LogP contribution in [-0.4, -0.2) is 16.5 Å². The predicted octanol–water partition coefficient (Wildman–Crippen LogP) is 4.24. The Morgan fingerprint density at radius 3 is 2.19 bits per heavy atom. The number of anilines is 1. The van der Waals surface area contributed by atoms with Crippen LogP contribution < -0.4 is 5.32 Å². The van der Waals surface area contributed by atoms with Gasteiger partial charge in [-0.25, -0.2) is 9.97 Å². The number of aromatic nitrogens is 2. The van der Waals surface area contributed by atoms with E-state index in [1.165, 1.54) is 11.1 Å². The van der Waals surface area contributed by atoms with Crippen LogP contribution in [0.2, 0.25) is 0 Å². The molecule has 104 valence electrons. The largest absolute Gasteiger partial charge is 0.370 e. The molecule has 0 aliphatic carbocycles. The summed E-state index contributed by atoms with van der Waals surface area (Å²) in [5.74, 6) is 0.856. The summed E-state index contributed by atoms with van der Waals surface area (Å²) in [6.07, 6.45) is 1.60. The summed E-state index contributed by atoms with van der Waals surface area (Å²) in [7, 11) is 0. The van der Waals surface area contributed by atoms with Crippen molar-refractivity contribution >= 4 is 5.82 Å². The van der Waals surface area contributed by atoms with Crippen molar-refractivity contribution < 1.29 is 0 Å². The van der Waals surface area contributed by atoms with Crippen LogP contribution in [0.4, 0.5) is 5.82 Å². The van der Waals surface area contributed by atoms with Gasteiger partial charge in [0.2, 0.25) is 0 Å². The van der Waals surface area contributed by atoms with E-state index >= 15 is 0 Å². The molecular weight excluding hydrogens is 258 g/mol. The van der Waals surface area contributed by atoms with Crippen LogP contribution in [0.5, 0.6) is 0 Å². The lowest BCUT2D eigenvalue weighted by atomic mass is 10.0. The monoisotopic (exact) mass is 275 g/mol. The molecule has 3 rings (SSSR count). The van der Waals surface area contributed by atoms with Crippen LogP contribution in [0, 0.1) is 0 Å². The number of nitrogens with zero attached hydrogens (tertiary/aromatic N) is 2. The zero-order valence-corrected chi connectivity index (χ0v) is 12.0. The van der Waals surface area contributed by atoms with Gasteiger partial charge in [-0.3, -0.25) is 0 Å². The van der Waals surface area contributed by atoms with Crippen molar-refractivity contribution in [2.75, 3.05) is 11.9 Å². The third-order valence-electron chi connectivity index (χ3n) is 3.31. The fraction of sp³-hybridized carbons (Fsp3) is 0.111. The first-order valence-electron chi connectivity index (χ1n) is 7.08. The third kappa shape index (κ3) is 3.08. The van der Waals surface area contributed by atoms with Crippen molar-refractivity contribution in [3.63, 3.8) is 0 Å². The van der Waals surface area contributed by atoms with Gasteiger partial charge in [0.25, 0.3) is 0 Å². The summed E-state index contributed by atoms with van der Waals surface area (Å²) in [5.41, 5.74) is 4.46. The Kier molecular flexibility index (Phi) is 3.92. The molecule has 0 unspecified atom stereocenters. The average molecular weight is 275 g/mol. The summed E-state index contributed by atoms with van der Waals surface area (Å²) in [6, 6.07) is 20.8. The van der Waals surface area contributed by atoms with Crippen LogP contribution in [0.25, 0.3) is 22.4 Å². The highest BCUT2D eigenvalue weighted by molar-refractivity contribution is 5.69. The maximum Gasteiger partial charge on any atom is 0.129 e. The lowest BCUT2D eigenvalue weighted by Crippen LogP contribution is -1.99. The Morgan fingerprint density at radius 2 is 1.48 bits per heavy atom. The molecule has 0 saturated carbocycles. The molecule has 0 spiro atoms. The highest BCUT2D eigenvalue weighted by Crippen LogP contribution is 2.24. The van der Waals surface area contributed by atoms with Crippen molar-refractivity contribution in [2.24, 2.45) is 0 Å². The van der Waals surface area contributed by atoms with Gasteiger partial charge in [-0.05, 0) is 18.1 Å². The van der Waals surface area contributed by atoms with E-state index in [0.29, 0.717) is 0 Å². The minimum Gasteiger partial charge on any atom is -0.370 e. The average Bonchev–Trinajstić information content (AvgIpc) is 2.56. The van der Waals surface area contributed by atoms with Crippen molar-refractivity contribution in [1.29, 1.82) is 0 Å². The minimum atomic E-state index is 0.851. The van der Waals surface area contributed by atoms with Crippen LogP contribution in [-0.2, 0) is 0 Å². The SMILES string of the molecule is CCNc1cc(-c2ccc(-c3ccccc3)cc2)ncn1. The van der Waals surface area contributed by atoms with Gasteiger partial charge in [0.1, 0.15) is 12.1 Å². The summed E-state index contributed by atoms with van der Waals surface area (Å²) >= 11 is 0. The van der Waals surface area contributed by atoms with E-state index in [0.717, 1.165) is 23.6 Å². The van der Waals surface area contributed by atoms with E-state index in [4.69, 9.17) is 0 Å². The standard InChI is InChI=1S/C18H17N3/c1-2-19-18-12-17(20-13-21-18)16-10-8-15(9-11-16)14-6-4-3-5-7-14/h3-13H,2H2,1H3,(H,19,20,21). The van der Waals surface area contributed by atoms with Gasteiger partial charge in [0.05, 0.1) is 5.69 Å². The highest BCUT2D eigenvalue weighted by atomic mass is 15.0. The zero-order chi connectivity index (χ0) is 14.5.